The molecular formula is C19H25FN2O4. The van der Waals surface area contributed by atoms with Crippen LogP contribution in [0.1, 0.15) is 36.0 Å². The van der Waals surface area contributed by atoms with Crippen LogP contribution in [0.15, 0.2) is 24.3 Å². The summed E-state index contributed by atoms with van der Waals surface area (Å²) in [5, 5.41) is 3.03. The van der Waals surface area contributed by atoms with Crippen molar-refractivity contribution < 1.29 is 23.5 Å². The van der Waals surface area contributed by atoms with E-state index in [4.69, 9.17) is 9.47 Å². The van der Waals surface area contributed by atoms with Crippen molar-refractivity contribution in [2.75, 3.05) is 26.9 Å². The van der Waals surface area contributed by atoms with Crippen LogP contribution >= 0.6 is 0 Å². The molecule has 0 aliphatic carbocycles. The number of amides is 2. The molecule has 2 fully saturated rings. The highest BCUT2D eigenvalue weighted by molar-refractivity contribution is 5.94. The van der Waals surface area contributed by atoms with E-state index in [0.29, 0.717) is 18.8 Å². The summed E-state index contributed by atoms with van der Waals surface area (Å²) in [4.78, 5) is 26.7. The van der Waals surface area contributed by atoms with Crippen molar-refractivity contribution in [3.63, 3.8) is 0 Å². The van der Waals surface area contributed by atoms with Gasteiger partial charge in [0.2, 0.25) is 5.91 Å². The monoisotopic (exact) mass is 364 g/mol. The molecule has 0 aromatic heterocycles. The Kier molecular flexibility index (Phi) is 6.21. The Hall–Kier alpha value is -1.99. The maximum Gasteiger partial charge on any atom is 0.251 e. The molecule has 0 saturated carbocycles. The number of methoxy groups -OCH3 is 1. The van der Waals surface area contributed by atoms with Gasteiger partial charge in [0.05, 0.1) is 13.2 Å². The van der Waals surface area contributed by atoms with Crippen LogP contribution in [0.25, 0.3) is 0 Å². The number of hydrogen-bond donors (Lipinski definition) is 1. The van der Waals surface area contributed by atoms with Gasteiger partial charge >= 0.3 is 0 Å². The molecule has 7 heteroatoms. The summed E-state index contributed by atoms with van der Waals surface area (Å²) in [6, 6.07) is 5.84. The zero-order valence-electron chi connectivity index (χ0n) is 14.9. The van der Waals surface area contributed by atoms with Crippen LogP contribution in [0.3, 0.4) is 0 Å². The number of fused-ring (bicyclic) bond motifs is 2. The number of hydrogen-bond acceptors (Lipinski definition) is 4. The van der Waals surface area contributed by atoms with Gasteiger partial charge in [-0.25, -0.2) is 4.39 Å². The van der Waals surface area contributed by atoms with Gasteiger partial charge in [-0.1, -0.05) is 0 Å². The molecule has 0 spiro atoms. The summed E-state index contributed by atoms with van der Waals surface area (Å²) in [7, 11) is 1.59. The van der Waals surface area contributed by atoms with E-state index >= 15 is 0 Å². The van der Waals surface area contributed by atoms with Crippen LogP contribution in [0.2, 0.25) is 0 Å². The molecule has 1 unspecified atom stereocenters. The third kappa shape index (κ3) is 4.40. The molecule has 0 radical (unpaired) electrons. The average Bonchev–Trinajstić information content (AvgIpc) is 2.90. The van der Waals surface area contributed by atoms with Crippen molar-refractivity contribution in [1.82, 2.24) is 10.2 Å². The normalized spacial score (nSPS) is 24.5. The van der Waals surface area contributed by atoms with Crippen molar-refractivity contribution in [3.8, 4) is 0 Å². The predicted octanol–water partition coefficient (Wildman–Crippen LogP) is 1.74. The fourth-order valence-corrected chi connectivity index (χ4v) is 3.95. The fourth-order valence-electron chi connectivity index (χ4n) is 3.95. The molecule has 2 aliphatic heterocycles. The summed E-state index contributed by atoms with van der Waals surface area (Å²) in [6.07, 6.45) is 3.40. The largest absolute Gasteiger partial charge is 0.382 e. The Balaban J connectivity index is 1.52. The van der Waals surface area contributed by atoms with Gasteiger partial charge in [0.25, 0.3) is 5.91 Å². The van der Waals surface area contributed by atoms with Crippen LogP contribution in [-0.2, 0) is 14.3 Å². The molecule has 142 valence electrons. The molecule has 2 bridgehead atoms. The first kappa shape index (κ1) is 18.8. The lowest BCUT2D eigenvalue weighted by Crippen LogP contribution is -2.53. The van der Waals surface area contributed by atoms with E-state index in [1.807, 2.05) is 4.90 Å². The van der Waals surface area contributed by atoms with Gasteiger partial charge in [-0.2, -0.15) is 0 Å². The predicted molar refractivity (Wildman–Crippen MR) is 93.2 cm³/mol. The second-order valence-corrected chi connectivity index (χ2v) is 6.88. The molecule has 1 aromatic carbocycles. The van der Waals surface area contributed by atoms with E-state index in [2.05, 4.69) is 5.32 Å². The van der Waals surface area contributed by atoms with Gasteiger partial charge in [-0.05, 0) is 49.9 Å². The first-order valence-corrected chi connectivity index (χ1v) is 9.02. The van der Waals surface area contributed by atoms with Crippen LogP contribution in [0.5, 0.6) is 0 Å². The number of ether oxygens (including phenoxy) is 2. The highest BCUT2D eigenvalue weighted by Crippen LogP contribution is 2.35. The molecule has 2 amide bonds. The molecule has 2 aliphatic rings. The number of benzene rings is 1. The zero-order chi connectivity index (χ0) is 18.5. The van der Waals surface area contributed by atoms with E-state index in [-0.39, 0.29) is 42.4 Å². The number of nitrogens with zero attached hydrogens (tertiary/aromatic N) is 1. The van der Waals surface area contributed by atoms with E-state index in [1.165, 1.54) is 24.3 Å². The molecule has 2 heterocycles. The summed E-state index contributed by atoms with van der Waals surface area (Å²) < 4.78 is 23.2. The highest BCUT2D eigenvalue weighted by Gasteiger charge is 2.43. The van der Waals surface area contributed by atoms with Crippen molar-refractivity contribution >= 4 is 11.8 Å². The van der Waals surface area contributed by atoms with Crippen molar-refractivity contribution in [2.45, 2.75) is 43.8 Å². The van der Waals surface area contributed by atoms with Crippen LogP contribution in [-0.4, -0.2) is 61.8 Å². The topological polar surface area (TPSA) is 67.9 Å². The minimum atomic E-state index is -0.362. The first-order chi connectivity index (χ1) is 12.6. The van der Waals surface area contributed by atoms with E-state index < -0.39 is 0 Å². The lowest BCUT2D eigenvalue weighted by atomic mass is 9.96. The number of nitrogens with one attached hydrogen (secondary N) is 1. The zero-order valence-corrected chi connectivity index (χ0v) is 14.9. The Morgan fingerprint density at radius 1 is 1.15 bits per heavy atom. The maximum atomic E-state index is 13.0. The van der Waals surface area contributed by atoms with Gasteiger partial charge in [0, 0.05) is 30.8 Å². The molecule has 1 N–H and O–H groups in total. The molecule has 2 saturated heterocycles. The smallest absolute Gasteiger partial charge is 0.251 e. The van der Waals surface area contributed by atoms with Crippen molar-refractivity contribution in [1.29, 1.82) is 0 Å². The van der Waals surface area contributed by atoms with Crippen LogP contribution in [0, 0.1) is 5.82 Å². The standard InChI is InChI=1S/C19H25FN2O4/c1-25-8-9-26-12-18(23)22-16-6-7-17(22)11-15(10-16)21-19(24)13-2-4-14(20)5-3-13/h2-5,15-17H,6-12H2,1H3,(H,21,24)/t15?,16-,17+. The summed E-state index contributed by atoms with van der Waals surface area (Å²) >= 11 is 0. The second kappa shape index (κ2) is 8.60. The van der Waals surface area contributed by atoms with Crippen LogP contribution in [0.4, 0.5) is 4.39 Å². The first-order valence-electron chi connectivity index (χ1n) is 9.02. The molecule has 1 aromatic rings. The second-order valence-electron chi connectivity index (χ2n) is 6.88. The quantitative estimate of drug-likeness (QED) is 0.749. The summed E-state index contributed by atoms with van der Waals surface area (Å²) in [5.41, 5.74) is 0.448. The van der Waals surface area contributed by atoms with Gasteiger partial charge < -0.3 is 19.7 Å². The average molecular weight is 364 g/mol. The highest BCUT2D eigenvalue weighted by atomic mass is 19.1. The van der Waals surface area contributed by atoms with Gasteiger partial charge in [-0.15, -0.1) is 0 Å². The number of piperidine rings is 1. The van der Waals surface area contributed by atoms with Gasteiger partial charge in [0.1, 0.15) is 12.4 Å². The molecule has 3 atom stereocenters. The van der Waals surface area contributed by atoms with Gasteiger partial charge in [0.15, 0.2) is 0 Å². The SMILES string of the molecule is COCCOCC(=O)N1[C@@H]2CC[C@H]1CC(NC(=O)c1ccc(F)cc1)C2. The number of carbonyl (C=O) groups excluding carboxylic acids is 2. The molecule has 6 nitrogen and oxygen atoms in total. The fraction of sp³-hybridized carbons (Fsp3) is 0.579. The summed E-state index contributed by atoms with van der Waals surface area (Å²) in [5.74, 6) is -0.548. The van der Waals surface area contributed by atoms with Crippen molar-refractivity contribution in [2.24, 2.45) is 0 Å². The molecule has 26 heavy (non-hydrogen) atoms. The Bertz CT molecular complexity index is 623. The molecular weight excluding hydrogens is 339 g/mol. The Morgan fingerprint density at radius 2 is 1.81 bits per heavy atom. The van der Waals surface area contributed by atoms with E-state index in [0.717, 1.165) is 25.7 Å². The number of carbonyl (C=O) groups is 2. The van der Waals surface area contributed by atoms with Gasteiger partial charge in [-0.3, -0.25) is 9.59 Å². The number of halogens is 1. The van der Waals surface area contributed by atoms with Crippen LogP contribution < -0.4 is 5.32 Å². The maximum absolute atomic E-state index is 13.0. The third-order valence-corrected chi connectivity index (χ3v) is 5.12. The Morgan fingerprint density at radius 3 is 2.42 bits per heavy atom. The van der Waals surface area contributed by atoms with E-state index in [9.17, 15) is 14.0 Å². The third-order valence-electron chi connectivity index (χ3n) is 5.12. The molecule has 3 rings (SSSR count). The van der Waals surface area contributed by atoms with Crippen molar-refractivity contribution in [3.05, 3.63) is 35.6 Å². The van der Waals surface area contributed by atoms with E-state index in [1.54, 1.807) is 7.11 Å². The Labute approximate surface area is 152 Å². The minimum Gasteiger partial charge on any atom is -0.382 e. The number of rotatable bonds is 7. The summed E-state index contributed by atoms with van der Waals surface area (Å²) in [6.45, 7) is 0.947. The lowest BCUT2D eigenvalue weighted by molar-refractivity contribution is -0.141. The minimum absolute atomic E-state index is 0.0110. The lowest BCUT2D eigenvalue weighted by Gasteiger charge is -2.39.